The molecule has 1 amide bonds. The Morgan fingerprint density at radius 3 is 2.80 bits per heavy atom. The highest BCUT2D eigenvalue weighted by atomic mass is 16.5. The molecule has 0 spiro atoms. The molecule has 1 heterocycles. The Morgan fingerprint density at radius 2 is 2.15 bits per heavy atom. The van der Waals surface area contributed by atoms with Crippen LogP contribution in [-0.2, 0) is 9.59 Å². The minimum atomic E-state index is -1.03. The Morgan fingerprint density at radius 1 is 1.45 bits per heavy atom. The van der Waals surface area contributed by atoms with Crippen molar-refractivity contribution in [2.75, 3.05) is 18.4 Å². The number of aliphatic carboxylic acids is 1. The highest BCUT2D eigenvalue weighted by Crippen LogP contribution is 2.28. The van der Waals surface area contributed by atoms with Gasteiger partial charge in [0.25, 0.3) is 5.91 Å². The SMILES string of the molecule is CC(C)N(CC(=O)O)C(=O)C1CNc2ccccc2O1. The molecule has 2 N–H and O–H groups in total. The van der Waals surface area contributed by atoms with E-state index in [-0.39, 0.29) is 18.5 Å². The van der Waals surface area contributed by atoms with Crippen LogP contribution in [0.25, 0.3) is 0 Å². The highest BCUT2D eigenvalue weighted by Gasteiger charge is 2.31. The number of ether oxygens (including phenoxy) is 1. The molecule has 0 bridgehead atoms. The zero-order valence-electron chi connectivity index (χ0n) is 11.5. The molecule has 108 valence electrons. The van der Waals surface area contributed by atoms with Gasteiger partial charge in [-0.15, -0.1) is 0 Å². The van der Waals surface area contributed by atoms with Crippen LogP contribution in [0.2, 0.25) is 0 Å². The molecule has 1 aromatic carbocycles. The average Bonchev–Trinajstić information content (AvgIpc) is 2.43. The summed E-state index contributed by atoms with van der Waals surface area (Å²) in [5, 5.41) is 12.0. The van der Waals surface area contributed by atoms with Gasteiger partial charge in [-0.25, -0.2) is 0 Å². The van der Waals surface area contributed by atoms with E-state index in [1.807, 2.05) is 18.2 Å². The fourth-order valence-electron chi connectivity index (χ4n) is 2.10. The van der Waals surface area contributed by atoms with Crippen molar-refractivity contribution in [1.29, 1.82) is 0 Å². The Labute approximate surface area is 117 Å². The van der Waals surface area contributed by atoms with Gasteiger partial charge >= 0.3 is 5.97 Å². The van der Waals surface area contributed by atoms with Crippen LogP contribution in [0.5, 0.6) is 5.75 Å². The van der Waals surface area contributed by atoms with Crippen molar-refractivity contribution in [3.05, 3.63) is 24.3 Å². The van der Waals surface area contributed by atoms with Crippen molar-refractivity contribution in [3.8, 4) is 5.75 Å². The molecule has 1 aliphatic rings. The second-order valence-electron chi connectivity index (χ2n) is 4.94. The minimum Gasteiger partial charge on any atom is -0.480 e. The summed E-state index contributed by atoms with van der Waals surface area (Å²) in [5.74, 6) is -0.739. The van der Waals surface area contributed by atoms with Crippen molar-refractivity contribution < 1.29 is 19.4 Å². The summed E-state index contributed by atoms with van der Waals surface area (Å²) in [7, 11) is 0. The van der Waals surface area contributed by atoms with Gasteiger partial charge in [0.15, 0.2) is 6.10 Å². The number of carboxylic acids is 1. The van der Waals surface area contributed by atoms with E-state index in [0.29, 0.717) is 12.3 Å². The monoisotopic (exact) mass is 278 g/mol. The molecule has 0 radical (unpaired) electrons. The van der Waals surface area contributed by atoms with Crippen LogP contribution >= 0.6 is 0 Å². The molecule has 0 saturated carbocycles. The number of nitrogens with one attached hydrogen (secondary N) is 1. The fourth-order valence-corrected chi connectivity index (χ4v) is 2.10. The Kier molecular flexibility index (Phi) is 4.12. The fraction of sp³-hybridized carbons (Fsp3) is 0.429. The van der Waals surface area contributed by atoms with Crippen LogP contribution < -0.4 is 10.1 Å². The predicted molar refractivity (Wildman–Crippen MR) is 73.8 cm³/mol. The van der Waals surface area contributed by atoms with Crippen LogP contribution in [0.3, 0.4) is 0 Å². The average molecular weight is 278 g/mol. The summed E-state index contributed by atoms with van der Waals surface area (Å²) >= 11 is 0. The Hall–Kier alpha value is -2.24. The van der Waals surface area contributed by atoms with Gasteiger partial charge < -0.3 is 20.1 Å². The predicted octanol–water partition coefficient (Wildman–Crippen LogP) is 1.18. The van der Waals surface area contributed by atoms with Crippen LogP contribution in [0.4, 0.5) is 5.69 Å². The molecule has 1 unspecified atom stereocenters. The first-order chi connectivity index (χ1) is 9.49. The molecule has 1 aliphatic heterocycles. The zero-order valence-corrected chi connectivity index (χ0v) is 11.5. The lowest BCUT2D eigenvalue weighted by molar-refractivity contribution is -0.149. The maximum absolute atomic E-state index is 12.4. The molecule has 1 atom stereocenters. The smallest absolute Gasteiger partial charge is 0.323 e. The number of carbonyl (C=O) groups is 2. The number of carbonyl (C=O) groups excluding carboxylic acids is 1. The molecule has 1 aromatic rings. The number of hydrogen-bond acceptors (Lipinski definition) is 4. The minimum absolute atomic E-state index is 0.195. The van der Waals surface area contributed by atoms with E-state index in [1.54, 1.807) is 19.9 Å². The first-order valence-corrected chi connectivity index (χ1v) is 6.51. The van der Waals surface area contributed by atoms with Crippen molar-refractivity contribution in [2.45, 2.75) is 26.0 Å². The normalized spacial score (nSPS) is 16.9. The van der Waals surface area contributed by atoms with Gasteiger partial charge in [0.2, 0.25) is 0 Å². The lowest BCUT2D eigenvalue weighted by atomic mass is 10.2. The molecule has 2 rings (SSSR count). The molecular formula is C14H18N2O4. The van der Waals surface area contributed by atoms with Gasteiger partial charge in [0, 0.05) is 6.04 Å². The van der Waals surface area contributed by atoms with Crippen molar-refractivity contribution in [1.82, 2.24) is 4.90 Å². The summed E-state index contributed by atoms with van der Waals surface area (Å²) in [6.07, 6.45) is -0.702. The first kappa shape index (κ1) is 14.2. The van der Waals surface area contributed by atoms with Crippen LogP contribution in [0.1, 0.15) is 13.8 Å². The van der Waals surface area contributed by atoms with Crippen molar-refractivity contribution in [2.24, 2.45) is 0 Å². The lowest BCUT2D eigenvalue weighted by Crippen LogP contribution is -2.51. The number of fused-ring (bicyclic) bond motifs is 1. The van der Waals surface area contributed by atoms with Crippen molar-refractivity contribution >= 4 is 17.6 Å². The van der Waals surface area contributed by atoms with Gasteiger partial charge in [0.05, 0.1) is 12.2 Å². The van der Waals surface area contributed by atoms with Gasteiger partial charge in [-0.1, -0.05) is 12.1 Å². The second kappa shape index (κ2) is 5.81. The Bertz CT molecular complexity index is 516. The third-order valence-electron chi connectivity index (χ3n) is 3.12. The van der Waals surface area contributed by atoms with E-state index in [4.69, 9.17) is 9.84 Å². The number of para-hydroxylation sites is 2. The quantitative estimate of drug-likeness (QED) is 0.864. The first-order valence-electron chi connectivity index (χ1n) is 6.51. The number of hydrogen-bond donors (Lipinski definition) is 2. The van der Waals surface area contributed by atoms with Crippen LogP contribution in [-0.4, -0.2) is 47.1 Å². The maximum atomic E-state index is 12.4. The summed E-state index contributed by atoms with van der Waals surface area (Å²) in [6.45, 7) is 3.58. The number of benzene rings is 1. The molecule has 6 heteroatoms. The number of anilines is 1. The van der Waals surface area contributed by atoms with E-state index in [9.17, 15) is 9.59 Å². The van der Waals surface area contributed by atoms with E-state index in [2.05, 4.69) is 5.32 Å². The van der Waals surface area contributed by atoms with Gasteiger partial charge in [-0.05, 0) is 26.0 Å². The molecular weight excluding hydrogens is 260 g/mol. The topological polar surface area (TPSA) is 78.9 Å². The van der Waals surface area contributed by atoms with E-state index >= 15 is 0 Å². The van der Waals surface area contributed by atoms with Gasteiger partial charge in [-0.2, -0.15) is 0 Å². The molecule has 20 heavy (non-hydrogen) atoms. The molecule has 0 fully saturated rings. The van der Waals surface area contributed by atoms with E-state index in [0.717, 1.165) is 5.69 Å². The van der Waals surface area contributed by atoms with E-state index in [1.165, 1.54) is 4.90 Å². The standard InChI is InChI=1S/C14H18N2O4/c1-9(2)16(8-13(17)18)14(19)12-7-15-10-5-3-4-6-11(10)20-12/h3-6,9,12,15H,7-8H2,1-2H3,(H,17,18). The van der Waals surface area contributed by atoms with Crippen LogP contribution in [0, 0.1) is 0 Å². The molecule has 0 aliphatic carbocycles. The molecule has 0 aromatic heterocycles. The highest BCUT2D eigenvalue weighted by molar-refractivity contribution is 5.86. The lowest BCUT2D eigenvalue weighted by Gasteiger charge is -2.32. The second-order valence-corrected chi connectivity index (χ2v) is 4.94. The largest absolute Gasteiger partial charge is 0.480 e. The summed E-state index contributed by atoms with van der Waals surface area (Å²) in [4.78, 5) is 24.5. The van der Waals surface area contributed by atoms with Gasteiger partial charge in [-0.3, -0.25) is 9.59 Å². The van der Waals surface area contributed by atoms with Gasteiger partial charge in [0.1, 0.15) is 12.3 Å². The number of nitrogens with zero attached hydrogens (tertiary/aromatic N) is 1. The summed E-state index contributed by atoms with van der Waals surface area (Å²) in [6, 6.07) is 7.15. The maximum Gasteiger partial charge on any atom is 0.323 e. The summed E-state index contributed by atoms with van der Waals surface area (Å²) in [5.41, 5.74) is 0.839. The van der Waals surface area contributed by atoms with E-state index < -0.39 is 12.1 Å². The number of rotatable bonds is 4. The molecule has 6 nitrogen and oxygen atoms in total. The summed E-state index contributed by atoms with van der Waals surface area (Å²) < 4.78 is 5.66. The van der Waals surface area contributed by atoms with Crippen molar-refractivity contribution in [3.63, 3.8) is 0 Å². The molecule has 0 saturated heterocycles. The zero-order chi connectivity index (χ0) is 14.7. The Balaban J connectivity index is 2.11. The third-order valence-corrected chi connectivity index (χ3v) is 3.12. The number of carboxylic acid groups (broad SMARTS) is 1. The van der Waals surface area contributed by atoms with Crippen LogP contribution in [0.15, 0.2) is 24.3 Å². The number of amides is 1. The third kappa shape index (κ3) is 3.01.